The van der Waals surface area contributed by atoms with E-state index in [0.717, 1.165) is 0 Å². The van der Waals surface area contributed by atoms with E-state index in [-0.39, 0.29) is 24.4 Å². The Balaban J connectivity index is 0.00000192. The fraction of sp³-hybridized carbons (Fsp3) is 0.316. The molecule has 1 aliphatic rings. The molecule has 2 N–H and O–H groups in total. The van der Waals surface area contributed by atoms with Crippen molar-refractivity contribution < 1.29 is 4.79 Å². The Hall–Kier alpha value is -2.00. The lowest BCUT2D eigenvalue weighted by atomic mass is 10.1. The van der Waals surface area contributed by atoms with Crippen LogP contribution in [0.1, 0.15) is 35.7 Å². The molecule has 1 atom stereocenters. The second kappa shape index (κ2) is 7.51. The summed E-state index contributed by atoms with van der Waals surface area (Å²) in [4.78, 5) is 14.9. The number of benzene rings is 2. The highest BCUT2D eigenvalue weighted by atomic mass is 35.5. The summed E-state index contributed by atoms with van der Waals surface area (Å²) in [6.45, 7) is 2.82. The van der Waals surface area contributed by atoms with Gasteiger partial charge in [-0.2, -0.15) is 0 Å². The van der Waals surface area contributed by atoms with E-state index in [0.29, 0.717) is 23.7 Å². The molecule has 1 fully saturated rings. The van der Waals surface area contributed by atoms with Gasteiger partial charge >= 0.3 is 0 Å². The van der Waals surface area contributed by atoms with Crippen LogP contribution in [0.3, 0.4) is 0 Å². The van der Waals surface area contributed by atoms with Crippen LogP contribution in [0.25, 0.3) is 0 Å². The Labute approximate surface area is 143 Å². The summed E-state index contributed by atoms with van der Waals surface area (Å²) in [5.41, 5.74) is 8.27. The molecule has 1 aliphatic carbocycles. The summed E-state index contributed by atoms with van der Waals surface area (Å²) >= 11 is 0. The maximum Gasteiger partial charge on any atom is 0.254 e. The van der Waals surface area contributed by atoms with E-state index in [1.54, 1.807) is 12.1 Å². The van der Waals surface area contributed by atoms with Crippen molar-refractivity contribution in [2.75, 3.05) is 5.73 Å². The number of halogens is 1. The van der Waals surface area contributed by atoms with Gasteiger partial charge in [0.25, 0.3) is 5.91 Å². The first-order chi connectivity index (χ1) is 10.6. The molecule has 0 spiro atoms. The van der Waals surface area contributed by atoms with Crippen molar-refractivity contribution in [2.24, 2.45) is 5.92 Å². The van der Waals surface area contributed by atoms with E-state index in [1.165, 1.54) is 18.4 Å². The van der Waals surface area contributed by atoms with E-state index in [1.807, 2.05) is 35.2 Å². The van der Waals surface area contributed by atoms with Crippen LogP contribution in [-0.2, 0) is 6.54 Å². The summed E-state index contributed by atoms with van der Waals surface area (Å²) < 4.78 is 0. The lowest BCUT2D eigenvalue weighted by molar-refractivity contribution is 0.0654. The Bertz CT molecular complexity index is 638. The van der Waals surface area contributed by atoms with E-state index in [4.69, 9.17) is 5.73 Å². The lowest BCUT2D eigenvalue weighted by Gasteiger charge is -2.30. The number of nitrogen functional groups attached to an aromatic ring is 1. The predicted octanol–water partition coefficient (Wildman–Crippen LogP) is 4.13. The first-order valence-electron chi connectivity index (χ1n) is 7.85. The molecule has 122 valence electrons. The van der Waals surface area contributed by atoms with Crippen molar-refractivity contribution in [1.82, 2.24) is 4.90 Å². The summed E-state index contributed by atoms with van der Waals surface area (Å²) in [6.07, 6.45) is 2.45. The van der Waals surface area contributed by atoms with Gasteiger partial charge in [0, 0.05) is 23.8 Å². The topological polar surface area (TPSA) is 46.3 Å². The van der Waals surface area contributed by atoms with Gasteiger partial charge in [0.1, 0.15) is 0 Å². The second-order valence-electron chi connectivity index (χ2n) is 6.12. The maximum absolute atomic E-state index is 12.9. The minimum atomic E-state index is 0. The molecule has 4 heteroatoms. The van der Waals surface area contributed by atoms with Gasteiger partial charge in [-0.1, -0.05) is 30.3 Å². The molecule has 2 aromatic rings. The summed E-state index contributed by atoms with van der Waals surface area (Å²) in [5, 5.41) is 0. The number of hydrogen-bond acceptors (Lipinski definition) is 2. The van der Waals surface area contributed by atoms with Crippen molar-refractivity contribution in [1.29, 1.82) is 0 Å². The minimum absolute atomic E-state index is 0. The van der Waals surface area contributed by atoms with Crippen molar-refractivity contribution in [3.8, 4) is 0 Å². The molecule has 0 saturated heterocycles. The van der Waals surface area contributed by atoms with Crippen molar-refractivity contribution in [3.05, 3.63) is 65.7 Å². The molecular formula is C19H23ClN2O. The minimum Gasteiger partial charge on any atom is -0.399 e. The highest BCUT2D eigenvalue weighted by molar-refractivity contribution is 5.94. The molecule has 2 aromatic carbocycles. The van der Waals surface area contributed by atoms with Crippen molar-refractivity contribution in [3.63, 3.8) is 0 Å². The number of carbonyl (C=O) groups excluding carboxylic acids is 1. The largest absolute Gasteiger partial charge is 0.399 e. The highest BCUT2D eigenvalue weighted by Crippen LogP contribution is 2.36. The quantitative estimate of drug-likeness (QED) is 0.838. The first-order valence-corrected chi connectivity index (χ1v) is 7.85. The lowest BCUT2D eigenvalue weighted by Crippen LogP contribution is -2.39. The molecular weight excluding hydrogens is 308 g/mol. The average Bonchev–Trinajstić information content (AvgIpc) is 3.38. The van der Waals surface area contributed by atoms with Crippen LogP contribution in [0.4, 0.5) is 5.69 Å². The second-order valence-corrected chi connectivity index (χ2v) is 6.12. The van der Waals surface area contributed by atoms with Gasteiger partial charge in [-0.15, -0.1) is 12.4 Å². The van der Waals surface area contributed by atoms with E-state index in [9.17, 15) is 4.79 Å². The van der Waals surface area contributed by atoms with E-state index >= 15 is 0 Å². The van der Waals surface area contributed by atoms with Gasteiger partial charge in [0.15, 0.2) is 0 Å². The Morgan fingerprint density at radius 1 is 1.13 bits per heavy atom. The van der Waals surface area contributed by atoms with Crippen LogP contribution < -0.4 is 5.73 Å². The number of amides is 1. The van der Waals surface area contributed by atoms with Crippen LogP contribution in [0.5, 0.6) is 0 Å². The Kier molecular flexibility index (Phi) is 5.67. The third-order valence-electron chi connectivity index (χ3n) is 4.41. The number of hydrogen-bond donors (Lipinski definition) is 1. The highest BCUT2D eigenvalue weighted by Gasteiger charge is 2.34. The Morgan fingerprint density at radius 3 is 2.30 bits per heavy atom. The zero-order chi connectivity index (χ0) is 15.5. The average molecular weight is 331 g/mol. The van der Waals surface area contributed by atoms with Crippen molar-refractivity contribution >= 4 is 24.0 Å². The van der Waals surface area contributed by atoms with Gasteiger partial charge in [-0.3, -0.25) is 4.79 Å². The van der Waals surface area contributed by atoms with E-state index < -0.39 is 0 Å². The molecule has 0 heterocycles. The van der Waals surface area contributed by atoms with E-state index in [2.05, 4.69) is 19.1 Å². The number of nitrogens with two attached hydrogens (primary N) is 1. The van der Waals surface area contributed by atoms with Crippen LogP contribution in [-0.4, -0.2) is 16.8 Å². The van der Waals surface area contributed by atoms with Gasteiger partial charge in [0.05, 0.1) is 0 Å². The fourth-order valence-electron chi connectivity index (χ4n) is 2.81. The molecule has 0 radical (unpaired) electrons. The van der Waals surface area contributed by atoms with Crippen LogP contribution in [0.2, 0.25) is 0 Å². The molecule has 3 rings (SSSR count). The number of anilines is 1. The number of rotatable bonds is 5. The third kappa shape index (κ3) is 4.26. The summed E-state index contributed by atoms with van der Waals surface area (Å²) in [5.74, 6) is 0.727. The van der Waals surface area contributed by atoms with Gasteiger partial charge in [-0.05, 0) is 55.5 Å². The molecule has 0 aliphatic heterocycles. The maximum atomic E-state index is 12.9. The van der Waals surface area contributed by atoms with Gasteiger partial charge in [0.2, 0.25) is 0 Å². The van der Waals surface area contributed by atoms with Gasteiger partial charge in [-0.25, -0.2) is 0 Å². The predicted molar refractivity (Wildman–Crippen MR) is 96.6 cm³/mol. The van der Waals surface area contributed by atoms with Gasteiger partial charge < -0.3 is 10.6 Å². The number of nitrogens with zero attached hydrogens (tertiary/aromatic N) is 1. The monoisotopic (exact) mass is 330 g/mol. The van der Waals surface area contributed by atoms with Crippen LogP contribution >= 0.6 is 12.4 Å². The molecule has 0 aromatic heterocycles. The van der Waals surface area contributed by atoms with Crippen LogP contribution in [0.15, 0.2) is 54.6 Å². The fourth-order valence-corrected chi connectivity index (χ4v) is 2.81. The first kappa shape index (κ1) is 17.4. The standard InChI is InChI=1S/C19H22N2O.ClH/c1-14(16-7-8-16)21(13-15-5-3-2-4-6-15)19(22)17-9-11-18(20)12-10-17;/h2-6,9-12,14,16H,7-8,13,20H2,1H3;1H. The Morgan fingerprint density at radius 2 is 1.74 bits per heavy atom. The zero-order valence-corrected chi connectivity index (χ0v) is 14.1. The smallest absolute Gasteiger partial charge is 0.254 e. The van der Waals surface area contributed by atoms with Crippen LogP contribution in [0, 0.1) is 5.92 Å². The molecule has 0 bridgehead atoms. The molecule has 3 nitrogen and oxygen atoms in total. The molecule has 1 unspecified atom stereocenters. The van der Waals surface area contributed by atoms with Crippen molar-refractivity contribution in [2.45, 2.75) is 32.4 Å². The zero-order valence-electron chi connectivity index (χ0n) is 13.3. The summed E-state index contributed by atoms with van der Waals surface area (Å²) in [7, 11) is 0. The normalized spacial score (nSPS) is 14.7. The number of carbonyl (C=O) groups is 1. The summed E-state index contributed by atoms with van der Waals surface area (Å²) in [6, 6.07) is 17.7. The molecule has 1 amide bonds. The third-order valence-corrected chi connectivity index (χ3v) is 4.41. The molecule has 23 heavy (non-hydrogen) atoms. The molecule has 1 saturated carbocycles. The SMILES string of the molecule is CC(C1CC1)N(Cc1ccccc1)C(=O)c1ccc(N)cc1.Cl.